The summed E-state index contributed by atoms with van der Waals surface area (Å²) in [5.41, 5.74) is -1.63. The van der Waals surface area contributed by atoms with Crippen LogP contribution in [0.4, 0.5) is 19.2 Å². The molecule has 0 aromatic rings. The molecule has 0 aliphatic heterocycles. The highest BCUT2D eigenvalue weighted by molar-refractivity contribution is 8.14. The van der Waals surface area contributed by atoms with Gasteiger partial charge in [0.1, 0.15) is 31.8 Å². The molecule has 4 atom stereocenters. The number of rotatable bonds is 28. The minimum atomic E-state index is -1.63. The topological polar surface area (TPSA) is 210 Å². The number of ether oxygens (including phenoxy) is 8. The second-order valence-electron chi connectivity index (χ2n) is 17.4. The molecular formula is C49H68O16S4. The predicted molar refractivity (Wildman–Crippen MR) is 266 cm³/mol. The Morgan fingerprint density at radius 1 is 0.348 bits per heavy atom. The van der Waals surface area contributed by atoms with E-state index in [9.17, 15) is 38.4 Å². The van der Waals surface area contributed by atoms with Crippen LogP contribution in [0, 0.1) is 29.1 Å². The van der Waals surface area contributed by atoms with Crippen LogP contribution in [0.25, 0.3) is 0 Å². The summed E-state index contributed by atoms with van der Waals surface area (Å²) in [6.07, 6.45) is 26.5. The summed E-state index contributed by atoms with van der Waals surface area (Å²) >= 11 is 3.31. The molecule has 384 valence electrons. The molecule has 0 bridgehead atoms. The third-order valence-electron chi connectivity index (χ3n) is 11.5. The van der Waals surface area contributed by atoms with Crippen molar-refractivity contribution >= 4 is 92.1 Å². The Labute approximate surface area is 422 Å². The summed E-state index contributed by atoms with van der Waals surface area (Å²) in [4.78, 5) is 102. The fraction of sp³-hybridized carbons (Fsp3) is 0.673. The molecule has 0 N–H and O–H groups in total. The SMILES string of the molecule is O=C(CCSC(=O)OCC1CC=CCC1)OCC(COC(=O)CCSC(=O)OCC1CC=CCC1)(COC(=O)CCSC(=O)OCC1CC=CCC1)COC(=O)CCSC(=O)OCC1CC=CCC1. The first-order chi connectivity index (χ1) is 33.5. The molecule has 4 aliphatic carbocycles. The zero-order valence-corrected chi connectivity index (χ0v) is 42.7. The molecule has 0 radical (unpaired) electrons. The first-order valence-electron chi connectivity index (χ1n) is 23.9. The van der Waals surface area contributed by atoms with E-state index in [1.54, 1.807) is 0 Å². The van der Waals surface area contributed by atoms with Gasteiger partial charge in [0.2, 0.25) is 0 Å². The fourth-order valence-corrected chi connectivity index (χ4v) is 9.63. The lowest BCUT2D eigenvalue weighted by Gasteiger charge is -2.31. The Morgan fingerprint density at radius 3 is 0.783 bits per heavy atom. The molecule has 0 saturated carbocycles. The number of allylic oxidation sites excluding steroid dienone is 8. The fourth-order valence-electron chi connectivity index (χ4n) is 7.28. The molecule has 0 heterocycles. The number of thioether (sulfide) groups is 4. The second-order valence-corrected chi connectivity index (χ2v) is 21.5. The Bertz CT molecular complexity index is 1530. The highest BCUT2D eigenvalue weighted by Crippen LogP contribution is 2.26. The van der Waals surface area contributed by atoms with E-state index in [-0.39, 0.29) is 98.8 Å². The van der Waals surface area contributed by atoms with Crippen LogP contribution >= 0.6 is 47.0 Å². The third-order valence-corrected chi connectivity index (χ3v) is 14.6. The Kier molecular flexibility index (Phi) is 28.8. The van der Waals surface area contributed by atoms with Gasteiger partial charge < -0.3 is 37.9 Å². The zero-order chi connectivity index (χ0) is 49.4. The zero-order valence-electron chi connectivity index (χ0n) is 39.4. The average Bonchev–Trinajstić information content (AvgIpc) is 3.37. The van der Waals surface area contributed by atoms with E-state index >= 15 is 0 Å². The van der Waals surface area contributed by atoms with Crippen molar-refractivity contribution in [2.24, 2.45) is 29.1 Å². The van der Waals surface area contributed by atoms with Crippen LogP contribution in [-0.2, 0) is 57.1 Å². The van der Waals surface area contributed by atoms with E-state index in [1.165, 1.54) is 0 Å². The first kappa shape index (κ1) is 57.7. The maximum Gasteiger partial charge on any atom is 0.367 e. The number of esters is 4. The highest BCUT2D eigenvalue weighted by Gasteiger charge is 2.38. The molecule has 4 rings (SSSR count). The van der Waals surface area contributed by atoms with Crippen molar-refractivity contribution in [3.05, 3.63) is 48.6 Å². The Hall–Kier alpha value is -3.88. The highest BCUT2D eigenvalue weighted by atomic mass is 32.2. The molecule has 16 nitrogen and oxygen atoms in total. The molecule has 0 fully saturated rings. The summed E-state index contributed by atoms with van der Waals surface area (Å²) in [6.45, 7) is -1.06. The Balaban J connectivity index is 1.34. The van der Waals surface area contributed by atoms with Crippen molar-refractivity contribution in [3.8, 4) is 0 Å². The van der Waals surface area contributed by atoms with Gasteiger partial charge in [0.25, 0.3) is 0 Å². The van der Waals surface area contributed by atoms with Gasteiger partial charge in [-0.1, -0.05) is 48.6 Å². The maximum atomic E-state index is 13.1. The van der Waals surface area contributed by atoms with Crippen molar-refractivity contribution < 1.29 is 76.3 Å². The number of carbonyl (C=O) groups excluding carboxylic acids is 8. The molecule has 0 amide bonds. The standard InChI is InChI=1S/C49H68O16S4/c50-41(21-25-66-45(54)58-29-37-13-5-1-6-14-37)62-33-49(34-63-42(51)22-26-67-46(55)59-30-38-15-7-2-8-16-38,35-64-43(52)23-27-68-47(56)60-31-39-17-9-3-10-18-39)36-65-44(53)24-28-69-48(57)61-32-40-19-11-4-12-20-40/h1-5,7,9,11,37-40H,6,8,10,12-36H2. The van der Waals surface area contributed by atoms with Crippen LogP contribution in [0.15, 0.2) is 48.6 Å². The third kappa shape index (κ3) is 26.8. The summed E-state index contributed by atoms with van der Waals surface area (Å²) in [5.74, 6) is -1.80. The molecule has 0 aromatic heterocycles. The smallest absolute Gasteiger partial charge is 0.367 e. The molecule has 4 aliphatic rings. The van der Waals surface area contributed by atoms with E-state index in [1.807, 2.05) is 0 Å². The first-order valence-corrected chi connectivity index (χ1v) is 27.8. The van der Waals surface area contributed by atoms with E-state index < -0.39 is 76.9 Å². The summed E-state index contributed by atoms with van der Waals surface area (Å²) < 4.78 is 44.0. The van der Waals surface area contributed by atoms with Gasteiger partial charge in [-0.05, 0) is 148 Å². The van der Waals surface area contributed by atoms with Crippen LogP contribution in [0.1, 0.15) is 103 Å². The molecule has 4 unspecified atom stereocenters. The van der Waals surface area contributed by atoms with Gasteiger partial charge in [-0.15, -0.1) is 0 Å². The summed E-state index contributed by atoms with van der Waals surface area (Å²) in [6, 6.07) is 0. The maximum absolute atomic E-state index is 13.1. The van der Waals surface area contributed by atoms with Crippen molar-refractivity contribution in [2.75, 3.05) is 75.9 Å². The molecular weight excluding hydrogens is 973 g/mol. The Morgan fingerprint density at radius 2 is 0.580 bits per heavy atom. The second kappa shape index (κ2) is 34.4. The predicted octanol–water partition coefficient (Wildman–Crippen LogP) is 10.6. The van der Waals surface area contributed by atoms with Crippen molar-refractivity contribution in [1.82, 2.24) is 0 Å². The molecule has 0 aromatic carbocycles. The molecule has 69 heavy (non-hydrogen) atoms. The van der Waals surface area contributed by atoms with Crippen LogP contribution in [0.2, 0.25) is 0 Å². The van der Waals surface area contributed by atoms with Crippen molar-refractivity contribution in [1.29, 1.82) is 0 Å². The molecule has 0 spiro atoms. The average molecular weight is 1040 g/mol. The molecule has 0 saturated heterocycles. The van der Waals surface area contributed by atoms with E-state index in [2.05, 4.69) is 48.6 Å². The van der Waals surface area contributed by atoms with Gasteiger partial charge in [-0.2, -0.15) is 0 Å². The van der Waals surface area contributed by atoms with Crippen LogP contribution in [0.3, 0.4) is 0 Å². The van der Waals surface area contributed by atoms with Gasteiger partial charge in [-0.25, -0.2) is 19.2 Å². The van der Waals surface area contributed by atoms with Gasteiger partial charge >= 0.3 is 45.1 Å². The monoisotopic (exact) mass is 1040 g/mol. The van der Waals surface area contributed by atoms with Gasteiger partial charge in [0.05, 0.1) is 52.1 Å². The van der Waals surface area contributed by atoms with Gasteiger partial charge in [0, 0.05) is 23.0 Å². The lowest BCUT2D eigenvalue weighted by Crippen LogP contribution is -2.44. The van der Waals surface area contributed by atoms with Crippen LogP contribution < -0.4 is 0 Å². The quantitative estimate of drug-likeness (QED) is 0.0405. The lowest BCUT2D eigenvalue weighted by atomic mass is 9.92. The van der Waals surface area contributed by atoms with Gasteiger partial charge in [0.15, 0.2) is 0 Å². The number of hydrogen-bond acceptors (Lipinski definition) is 20. The minimum absolute atomic E-state index is 0.0433. The van der Waals surface area contributed by atoms with E-state index in [0.29, 0.717) is 0 Å². The van der Waals surface area contributed by atoms with E-state index in [4.69, 9.17) is 37.9 Å². The van der Waals surface area contributed by atoms with Crippen molar-refractivity contribution in [3.63, 3.8) is 0 Å². The van der Waals surface area contributed by atoms with Crippen LogP contribution in [0.5, 0.6) is 0 Å². The van der Waals surface area contributed by atoms with Crippen molar-refractivity contribution in [2.45, 2.75) is 103 Å². The lowest BCUT2D eigenvalue weighted by molar-refractivity contribution is -0.170. The normalized spacial score (nSPS) is 20.4. The number of carbonyl (C=O) groups is 8. The summed E-state index contributed by atoms with van der Waals surface area (Å²) in [5, 5.41) is -2.09. The summed E-state index contributed by atoms with van der Waals surface area (Å²) in [7, 11) is 0. The van der Waals surface area contributed by atoms with E-state index in [0.717, 1.165) is 124 Å². The minimum Gasteiger partial charge on any atom is -0.465 e. The number of hydrogen-bond donors (Lipinski definition) is 0. The largest absolute Gasteiger partial charge is 0.465 e. The van der Waals surface area contributed by atoms with Crippen LogP contribution in [-0.4, -0.2) is 121 Å². The molecule has 20 heteroatoms. The van der Waals surface area contributed by atoms with Gasteiger partial charge in [-0.3, -0.25) is 19.2 Å².